The van der Waals surface area contributed by atoms with Crippen molar-refractivity contribution in [1.82, 2.24) is 10.3 Å². The Hall–Kier alpha value is -3.38. The summed E-state index contributed by atoms with van der Waals surface area (Å²) in [6, 6.07) is 3.51. The van der Waals surface area contributed by atoms with Gasteiger partial charge in [0, 0.05) is 46.1 Å². The molecule has 2 atom stereocenters. The van der Waals surface area contributed by atoms with Crippen LogP contribution in [0.5, 0.6) is 0 Å². The van der Waals surface area contributed by atoms with Gasteiger partial charge in [-0.25, -0.2) is 14.2 Å². The first-order valence-electron chi connectivity index (χ1n) is 12.1. The van der Waals surface area contributed by atoms with Crippen molar-refractivity contribution < 1.29 is 23.8 Å². The SMILES string of the molecule is CCOC(=O)C1=C(C2CCC(N)=C(C=NCCC(=O)O)C2)NC(c2nccs2)=NC1c1ccc(F)cc1Br. The van der Waals surface area contributed by atoms with E-state index in [0.29, 0.717) is 57.1 Å². The van der Waals surface area contributed by atoms with Crippen LogP contribution in [0, 0.1) is 11.7 Å². The van der Waals surface area contributed by atoms with Crippen molar-refractivity contribution in [3.63, 3.8) is 0 Å². The molecule has 2 aromatic rings. The average Bonchev–Trinajstić information content (AvgIpc) is 3.42. The molecule has 200 valence electrons. The highest BCUT2D eigenvalue weighted by Crippen LogP contribution is 2.41. The Morgan fingerprint density at radius 3 is 2.92 bits per heavy atom. The van der Waals surface area contributed by atoms with Crippen LogP contribution in [-0.4, -0.2) is 47.2 Å². The molecule has 12 heteroatoms. The van der Waals surface area contributed by atoms with Crippen molar-refractivity contribution in [2.75, 3.05) is 13.2 Å². The summed E-state index contributed by atoms with van der Waals surface area (Å²) in [4.78, 5) is 37.7. The molecule has 2 heterocycles. The summed E-state index contributed by atoms with van der Waals surface area (Å²) in [5.41, 5.74) is 9.36. The molecule has 0 saturated heterocycles. The quantitative estimate of drug-likeness (QED) is 0.283. The maximum atomic E-state index is 14.0. The van der Waals surface area contributed by atoms with E-state index in [1.807, 2.05) is 5.38 Å². The van der Waals surface area contributed by atoms with Gasteiger partial charge in [-0.3, -0.25) is 14.8 Å². The smallest absolute Gasteiger partial charge is 0.338 e. The molecule has 0 bridgehead atoms. The summed E-state index contributed by atoms with van der Waals surface area (Å²) >= 11 is 4.85. The lowest BCUT2D eigenvalue weighted by molar-refractivity contribution is -0.139. The second-order valence-corrected chi connectivity index (χ2v) is 10.5. The summed E-state index contributed by atoms with van der Waals surface area (Å²) < 4.78 is 19.9. The molecule has 0 fully saturated rings. The normalized spacial score (nSPS) is 19.9. The van der Waals surface area contributed by atoms with Gasteiger partial charge in [-0.1, -0.05) is 22.0 Å². The molecule has 1 aliphatic carbocycles. The summed E-state index contributed by atoms with van der Waals surface area (Å²) in [6.07, 6.45) is 4.94. The summed E-state index contributed by atoms with van der Waals surface area (Å²) in [5, 5.41) is 14.7. The molecule has 38 heavy (non-hydrogen) atoms. The summed E-state index contributed by atoms with van der Waals surface area (Å²) in [6.45, 7) is 2.06. The fourth-order valence-electron chi connectivity index (χ4n) is 4.42. The van der Waals surface area contributed by atoms with E-state index in [9.17, 15) is 14.0 Å². The number of amidine groups is 1. The van der Waals surface area contributed by atoms with Crippen molar-refractivity contribution in [2.24, 2.45) is 21.6 Å². The van der Waals surface area contributed by atoms with Crippen LogP contribution in [-0.2, 0) is 14.3 Å². The van der Waals surface area contributed by atoms with E-state index in [-0.39, 0.29) is 25.5 Å². The van der Waals surface area contributed by atoms with E-state index in [4.69, 9.17) is 20.6 Å². The zero-order chi connectivity index (χ0) is 27.2. The minimum atomic E-state index is -0.923. The maximum Gasteiger partial charge on any atom is 0.338 e. The van der Waals surface area contributed by atoms with E-state index >= 15 is 0 Å². The van der Waals surface area contributed by atoms with Gasteiger partial charge in [0.05, 0.1) is 18.6 Å². The molecular formula is C26H27BrFN5O4S. The molecule has 1 aliphatic heterocycles. The second-order valence-electron chi connectivity index (χ2n) is 8.73. The number of hydrogen-bond donors (Lipinski definition) is 3. The van der Waals surface area contributed by atoms with Gasteiger partial charge in [0.2, 0.25) is 0 Å². The first kappa shape index (κ1) is 27.6. The van der Waals surface area contributed by atoms with Crippen molar-refractivity contribution in [1.29, 1.82) is 0 Å². The molecule has 0 saturated carbocycles. The predicted molar refractivity (Wildman–Crippen MR) is 146 cm³/mol. The molecule has 4 N–H and O–H groups in total. The first-order chi connectivity index (χ1) is 18.3. The van der Waals surface area contributed by atoms with Gasteiger partial charge in [0.15, 0.2) is 10.8 Å². The number of nitrogens with zero attached hydrogens (tertiary/aromatic N) is 3. The van der Waals surface area contributed by atoms with Crippen molar-refractivity contribution >= 4 is 51.3 Å². The number of benzene rings is 1. The first-order valence-corrected chi connectivity index (χ1v) is 13.8. The number of nitrogens with two attached hydrogens (primary N) is 1. The number of carbonyl (C=O) groups excluding carboxylic acids is 1. The number of carboxylic acids is 1. The van der Waals surface area contributed by atoms with Gasteiger partial charge in [0.25, 0.3) is 0 Å². The lowest BCUT2D eigenvalue weighted by atomic mass is 9.81. The van der Waals surface area contributed by atoms with Crippen LogP contribution in [0.1, 0.15) is 49.2 Å². The van der Waals surface area contributed by atoms with Gasteiger partial charge in [-0.2, -0.15) is 0 Å². The Kier molecular flexibility index (Phi) is 9.05. The van der Waals surface area contributed by atoms with Crippen molar-refractivity contribution in [3.8, 4) is 0 Å². The molecule has 0 spiro atoms. The van der Waals surface area contributed by atoms with E-state index in [1.54, 1.807) is 25.4 Å². The number of aliphatic carboxylic acids is 1. The number of thiazole rings is 1. The number of allylic oxidation sites excluding steroid dienone is 3. The van der Waals surface area contributed by atoms with E-state index < -0.39 is 23.8 Å². The Bertz CT molecular complexity index is 1340. The number of halogens is 2. The third kappa shape index (κ3) is 6.36. The van der Waals surface area contributed by atoms with Crippen LogP contribution in [0.3, 0.4) is 0 Å². The third-order valence-corrected chi connectivity index (χ3v) is 7.68. The standard InChI is InChI=1S/C26H27BrFN5O4S/c1-2-37-26(36)21-22(14-3-6-19(29)15(11-14)13-30-8-7-20(34)35)32-24(25-31-9-10-38-25)33-23(21)17-5-4-16(28)12-18(17)27/h4-5,9-10,12-14,23H,2-3,6-8,11,29H2,1H3,(H,32,33)(H,34,35). The van der Waals surface area contributed by atoms with E-state index in [0.717, 1.165) is 5.57 Å². The lowest BCUT2D eigenvalue weighted by Gasteiger charge is -2.33. The monoisotopic (exact) mass is 603 g/mol. The molecule has 1 aromatic heterocycles. The highest BCUT2D eigenvalue weighted by atomic mass is 79.9. The van der Waals surface area contributed by atoms with Gasteiger partial charge in [-0.05, 0) is 49.5 Å². The highest BCUT2D eigenvalue weighted by Gasteiger charge is 2.37. The van der Waals surface area contributed by atoms with Crippen molar-refractivity contribution in [3.05, 3.63) is 73.2 Å². The van der Waals surface area contributed by atoms with Crippen LogP contribution >= 0.6 is 27.3 Å². The van der Waals surface area contributed by atoms with Gasteiger partial charge in [-0.15, -0.1) is 11.3 Å². The molecule has 2 unspecified atom stereocenters. The van der Waals surface area contributed by atoms with Gasteiger partial charge in [0.1, 0.15) is 11.9 Å². The Balaban J connectivity index is 1.79. The minimum absolute atomic E-state index is 0.0747. The fraction of sp³-hybridized carbons (Fsp3) is 0.346. The van der Waals surface area contributed by atoms with Crippen LogP contribution < -0.4 is 11.1 Å². The largest absolute Gasteiger partial charge is 0.481 e. The number of hydrogen-bond acceptors (Lipinski definition) is 9. The van der Waals surface area contributed by atoms with Crippen LogP contribution in [0.2, 0.25) is 0 Å². The van der Waals surface area contributed by atoms with E-state index in [2.05, 4.69) is 31.2 Å². The number of rotatable bonds is 9. The molecular weight excluding hydrogens is 577 g/mol. The predicted octanol–water partition coefficient (Wildman–Crippen LogP) is 4.51. The number of ether oxygens (including phenoxy) is 1. The van der Waals surface area contributed by atoms with Crippen LogP contribution in [0.15, 0.2) is 66.8 Å². The number of carbonyl (C=O) groups is 2. The minimum Gasteiger partial charge on any atom is -0.481 e. The molecule has 1 aromatic carbocycles. The van der Waals surface area contributed by atoms with Gasteiger partial charge >= 0.3 is 11.9 Å². The number of aromatic nitrogens is 1. The summed E-state index contributed by atoms with van der Waals surface area (Å²) in [7, 11) is 0. The zero-order valence-electron chi connectivity index (χ0n) is 20.6. The molecule has 0 amide bonds. The maximum absolute atomic E-state index is 14.0. The number of carboxylic acid groups (broad SMARTS) is 1. The lowest BCUT2D eigenvalue weighted by Crippen LogP contribution is -2.38. The molecule has 0 radical (unpaired) electrons. The number of aliphatic imine (C=N–C) groups is 2. The Morgan fingerprint density at radius 1 is 1.42 bits per heavy atom. The number of esters is 1. The van der Waals surface area contributed by atoms with Crippen LogP contribution in [0.25, 0.3) is 0 Å². The molecule has 2 aliphatic rings. The third-order valence-electron chi connectivity index (χ3n) is 6.21. The summed E-state index contributed by atoms with van der Waals surface area (Å²) in [5.74, 6) is -1.51. The molecule has 4 rings (SSSR count). The Labute approximate surface area is 231 Å². The average molecular weight is 605 g/mol. The number of nitrogens with one attached hydrogen (secondary N) is 1. The Morgan fingerprint density at radius 2 is 2.24 bits per heavy atom. The second kappa shape index (κ2) is 12.4. The van der Waals surface area contributed by atoms with E-state index in [1.165, 1.54) is 23.5 Å². The topological polar surface area (TPSA) is 139 Å². The fourth-order valence-corrected chi connectivity index (χ4v) is 5.58. The van der Waals surface area contributed by atoms with Crippen molar-refractivity contribution in [2.45, 2.75) is 38.6 Å². The van der Waals surface area contributed by atoms with Crippen LogP contribution in [0.4, 0.5) is 4.39 Å². The molecule has 9 nitrogen and oxygen atoms in total. The van der Waals surface area contributed by atoms with Gasteiger partial charge < -0.3 is 20.9 Å². The highest BCUT2D eigenvalue weighted by molar-refractivity contribution is 9.10. The zero-order valence-corrected chi connectivity index (χ0v) is 23.0.